The van der Waals surface area contributed by atoms with Crippen LogP contribution in [0.2, 0.25) is 5.02 Å². The molecule has 0 amide bonds. The van der Waals surface area contributed by atoms with Gasteiger partial charge in [0.2, 0.25) is 0 Å². The number of halogens is 2. The van der Waals surface area contributed by atoms with Crippen molar-refractivity contribution in [2.24, 2.45) is 0 Å². The summed E-state index contributed by atoms with van der Waals surface area (Å²) in [5.74, 6) is 0. The first-order chi connectivity index (χ1) is 8.77. The minimum absolute atomic E-state index is 0. The molecule has 1 fully saturated rings. The van der Waals surface area contributed by atoms with Crippen LogP contribution in [0.1, 0.15) is 50.5 Å². The second-order valence-corrected chi connectivity index (χ2v) is 5.91. The Labute approximate surface area is 128 Å². The molecule has 0 bridgehead atoms. The van der Waals surface area contributed by atoms with Crippen molar-refractivity contribution in [1.29, 1.82) is 0 Å². The molecule has 1 aromatic carbocycles. The fourth-order valence-corrected chi connectivity index (χ4v) is 3.10. The van der Waals surface area contributed by atoms with Gasteiger partial charge in [0, 0.05) is 17.6 Å². The van der Waals surface area contributed by atoms with Gasteiger partial charge in [-0.3, -0.25) is 4.90 Å². The fraction of sp³-hybridized carbons (Fsp3) is 0.625. The first kappa shape index (κ1) is 16.8. The number of benzene rings is 1. The molecule has 19 heavy (non-hydrogen) atoms. The second-order valence-electron chi connectivity index (χ2n) is 5.51. The first-order valence-electron chi connectivity index (χ1n) is 7.21. The molecule has 0 radical (unpaired) electrons. The Morgan fingerprint density at radius 1 is 1.05 bits per heavy atom. The normalized spacial score (nSPS) is 17.6. The van der Waals surface area contributed by atoms with E-state index in [1.807, 2.05) is 12.1 Å². The molecule has 1 saturated carbocycles. The van der Waals surface area contributed by atoms with Gasteiger partial charge >= 0.3 is 0 Å². The van der Waals surface area contributed by atoms with E-state index in [4.69, 9.17) is 11.6 Å². The van der Waals surface area contributed by atoms with Crippen LogP contribution in [0, 0.1) is 0 Å². The first-order valence-corrected chi connectivity index (χ1v) is 7.59. The maximum absolute atomic E-state index is 6.24. The van der Waals surface area contributed by atoms with E-state index in [1.165, 1.54) is 50.5 Å². The summed E-state index contributed by atoms with van der Waals surface area (Å²) in [7, 11) is 2.25. The Hall–Kier alpha value is -0.240. The van der Waals surface area contributed by atoms with Crippen LogP contribution in [0.4, 0.5) is 0 Å². The van der Waals surface area contributed by atoms with Crippen molar-refractivity contribution in [3.05, 3.63) is 34.9 Å². The summed E-state index contributed by atoms with van der Waals surface area (Å²) in [6, 6.07) is 8.95. The van der Waals surface area contributed by atoms with Crippen molar-refractivity contribution in [3.63, 3.8) is 0 Å². The van der Waals surface area contributed by atoms with Crippen molar-refractivity contribution >= 4 is 24.0 Å². The summed E-state index contributed by atoms with van der Waals surface area (Å²) in [6.07, 6.45) is 9.73. The Balaban J connectivity index is 0.00000180. The molecule has 0 aromatic heterocycles. The minimum Gasteiger partial charge on any atom is -0.299 e. The summed E-state index contributed by atoms with van der Waals surface area (Å²) < 4.78 is 0. The van der Waals surface area contributed by atoms with E-state index in [2.05, 4.69) is 24.1 Å². The van der Waals surface area contributed by atoms with Crippen LogP contribution >= 0.6 is 24.0 Å². The molecule has 1 nitrogen and oxygen atoms in total. The van der Waals surface area contributed by atoms with Crippen LogP contribution in [0.3, 0.4) is 0 Å². The highest BCUT2D eigenvalue weighted by molar-refractivity contribution is 6.31. The van der Waals surface area contributed by atoms with Crippen molar-refractivity contribution < 1.29 is 0 Å². The minimum atomic E-state index is 0. The van der Waals surface area contributed by atoms with Gasteiger partial charge in [0.15, 0.2) is 0 Å². The summed E-state index contributed by atoms with van der Waals surface area (Å²) >= 11 is 6.24. The quantitative estimate of drug-likeness (QED) is 0.731. The maximum Gasteiger partial charge on any atom is 0.0451 e. The molecule has 3 heteroatoms. The lowest BCUT2D eigenvalue weighted by atomic mass is 9.95. The molecular formula is C16H25Cl2N. The van der Waals surface area contributed by atoms with E-state index in [9.17, 15) is 0 Å². The Kier molecular flexibility index (Phi) is 7.82. The molecule has 1 aromatic rings. The average molecular weight is 302 g/mol. The molecule has 1 aliphatic rings. The van der Waals surface area contributed by atoms with E-state index >= 15 is 0 Å². The molecular weight excluding hydrogens is 277 g/mol. The molecule has 0 N–H and O–H groups in total. The van der Waals surface area contributed by atoms with Gasteiger partial charge in [0.1, 0.15) is 0 Å². The molecule has 0 unspecified atom stereocenters. The zero-order valence-electron chi connectivity index (χ0n) is 11.8. The smallest absolute Gasteiger partial charge is 0.0451 e. The van der Waals surface area contributed by atoms with E-state index < -0.39 is 0 Å². The van der Waals surface area contributed by atoms with E-state index in [0.717, 1.165) is 17.6 Å². The third-order valence-electron chi connectivity index (χ3n) is 4.08. The molecule has 1 aliphatic carbocycles. The predicted molar refractivity (Wildman–Crippen MR) is 86.3 cm³/mol. The van der Waals surface area contributed by atoms with Gasteiger partial charge in [-0.25, -0.2) is 0 Å². The number of hydrogen-bond acceptors (Lipinski definition) is 1. The predicted octanol–water partition coefficient (Wildman–Crippen LogP) is 5.31. The van der Waals surface area contributed by atoms with Crippen molar-refractivity contribution in [1.82, 2.24) is 4.90 Å². The Morgan fingerprint density at radius 3 is 2.26 bits per heavy atom. The Morgan fingerprint density at radius 2 is 1.63 bits per heavy atom. The van der Waals surface area contributed by atoms with E-state index in [-0.39, 0.29) is 12.4 Å². The van der Waals surface area contributed by atoms with Gasteiger partial charge in [-0.15, -0.1) is 12.4 Å². The third kappa shape index (κ3) is 5.33. The van der Waals surface area contributed by atoms with Crippen LogP contribution < -0.4 is 0 Å². The summed E-state index contributed by atoms with van der Waals surface area (Å²) in [6.45, 7) is 0.977. The highest BCUT2D eigenvalue weighted by Crippen LogP contribution is 2.23. The lowest BCUT2D eigenvalue weighted by Gasteiger charge is -2.30. The number of hydrogen-bond donors (Lipinski definition) is 0. The monoisotopic (exact) mass is 301 g/mol. The highest BCUT2D eigenvalue weighted by atomic mass is 35.5. The lowest BCUT2D eigenvalue weighted by Crippen LogP contribution is -2.31. The molecule has 0 aliphatic heterocycles. The molecule has 0 saturated heterocycles. The van der Waals surface area contributed by atoms with Crippen LogP contribution in [0.25, 0.3) is 0 Å². The maximum atomic E-state index is 6.24. The van der Waals surface area contributed by atoms with Crippen LogP contribution in [-0.2, 0) is 6.54 Å². The van der Waals surface area contributed by atoms with Gasteiger partial charge in [-0.1, -0.05) is 61.9 Å². The van der Waals surface area contributed by atoms with Gasteiger partial charge in [-0.05, 0) is 31.5 Å². The van der Waals surface area contributed by atoms with E-state index in [0.29, 0.717) is 0 Å². The summed E-state index contributed by atoms with van der Waals surface area (Å²) in [5.41, 5.74) is 1.25. The van der Waals surface area contributed by atoms with Gasteiger partial charge < -0.3 is 0 Å². The molecule has 0 atom stereocenters. The van der Waals surface area contributed by atoms with Gasteiger partial charge in [0.05, 0.1) is 0 Å². The highest BCUT2D eigenvalue weighted by Gasteiger charge is 2.16. The van der Waals surface area contributed by atoms with E-state index in [1.54, 1.807) is 0 Å². The molecule has 0 spiro atoms. The van der Waals surface area contributed by atoms with Crippen LogP contribution in [0.5, 0.6) is 0 Å². The summed E-state index contributed by atoms with van der Waals surface area (Å²) in [5, 5.41) is 0.898. The topological polar surface area (TPSA) is 3.24 Å². The zero-order valence-corrected chi connectivity index (χ0v) is 13.3. The van der Waals surface area contributed by atoms with Crippen LogP contribution in [0.15, 0.2) is 24.3 Å². The number of rotatable bonds is 3. The lowest BCUT2D eigenvalue weighted by molar-refractivity contribution is 0.196. The van der Waals surface area contributed by atoms with Gasteiger partial charge in [-0.2, -0.15) is 0 Å². The SMILES string of the molecule is CN(Cc1ccccc1Cl)C1CCCCCCC1.Cl. The van der Waals surface area contributed by atoms with Crippen molar-refractivity contribution in [2.45, 2.75) is 57.5 Å². The van der Waals surface area contributed by atoms with Crippen molar-refractivity contribution in [2.75, 3.05) is 7.05 Å². The van der Waals surface area contributed by atoms with Crippen LogP contribution in [-0.4, -0.2) is 18.0 Å². The fourth-order valence-electron chi connectivity index (χ4n) is 2.90. The molecule has 2 rings (SSSR count). The average Bonchev–Trinajstić information content (AvgIpc) is 2.31. The summed E-state index contributed by atoms with van der Waals surface area (Å²) in [4.78, 5) is 2.49. The number of nitrogens with zero attached hydrogens (tertiary/aromatic N) is 1. The van der Waals surface area contributed by atoms with Crippen molar-refractivity contribution in [3.8, 4) is 0 Å². The second kappa shape index (κ2) is 8.84. The zero-order chi connectivity index (χ0) is 12.8. The molecule has 108 valence electrons. The largest absolute Gasteiger partial charge is 0.299 e. The Bertz CT molecular complexity index is 360. The molecule has 0 heterocycles. The van der Waals surface area contributed by atoms with Gasteiger partial charge in [0.25, 0.3) is 0 Å². The standard InChI is InChI=1S/C16H24ClN.ClH/c1-18(13-14-9-7-8-12-16(14)17)15-10-5-3-2-4-6-11-15;/h7-9,12,15H,2-6,10-11,13H2,1H3;1H. The third-order valence-corrected chi connectivity index (χ3v) is 4.44.